The van der Waals surface area contributed by atoms with Gasteiger partial charge in [-0.2, -0.15) is 4.98 Å². The van der Waals surface area contributed by atoms with Crippen molar-refractivity contribution in [3.63, 3.8) is 0 Å². The fraction of sp³-hybridized carbons (Fsp3) is 0.625. The number of carboxylic acid groups (broad SMARTS) is 1. The molecule has 3 unspecified atom stereocenters. The number of aromatic nitrogens is 2. The Hall–Kier alpha value is -2.34. The predicted octanol–water partition coefficient (Wildman–Crippen LogP) is -1.06. The Bertz CT molecular complexity index is 646. The van der Waals surface area contributed by atoms with Crippen molar-refractivity contribution in [2.45, 2.75) is 38.3 Å². The van der Waals surface area contributed by atoms with Gasteiger partial charge in [0.15, 0.2) is 12.5 Å². The molecule has 3 heterocycles. The third-order valence-corrected chi connectivity index (χ3v) is 3.57. The molecule has 11 heteroatoms. The van der Waals surface area contributed by atoms with Gasteiger partial charge in [0.05, 0.1) is 19.2 Å². The maximum atomic E-state index is 11.4. The summed E-state index contributed by atoms with van der Waals surface area (Å²) in [6, 6.07) is 1.72. The lowest BCUT2D eigenvalue weighted by Crippen LogP contribution is -2.28. The Labute approximate surface area is 156 Å². The lowest BCUT2D eigenvalue weighted by molar-refractivity contribution is -0.135. The summed E-state index contributed by atoms with van der Waals surface area (Å²) in [7, 11) is 1.59. The first-order chi connectivity index (χ1) is 12.9. The summed E-state index contributed by atoms with van der Waals surface area (Å²) in [5.74, 6) is -0.615. The molecule has 3 atom stereocenters. The van der Waals surface area contributed by atoms with Gasteiger partial charge in [0.25, 0.3) is 0 Å². The molecular weight excluding hydrogens is 358 g/mol. The van der Waals surface area contributed by atoms with Gasteiger partial charge in [-0.05, 0) is 39.4 Å². The maximum absolute atomic E-state index is 11.4. The number of carbonyl (C=O) groups is 2. The monoisotopic (exact) mass is 385 g/mol. The number of rotatable bonds is 4. The van der Waals surface area contributed by atoms with Crippen LogP contribution in [0.1, 0.15) is 26.0 Å². The number of nitrogens with one attached hydrogen (secondary N) is 2. The maximum Gasteiger partial charge on any atom is 0.351 e. The first kappa shape index (κ1) is 22.7. The van der Waals surface area contributed by atoms with Gasteiger partial charge in [-0.1, -0.05) is 0 Å². The van der Waals surface area contributed by atoms with Crippen LogP contribution in [0.4, 0.5) is 5.82 Å². The molecule has 11 nitrogen and oxygen atoms in total. The van der Waals surface area contributed by atoms with Crippen molar-refractivity contribution in [2.24, 2.45) is 0 Å². The number of anilines is 1. The zero-order chi connectivity index (χ0) is 20.2. The smallest absolute Gasteiger partial charge is 0.351 e. The van der Waals surface area contributed by atoms with Gasteiger partial charge >= 0.3 is 11.7 Å². The third-order valence-electron chi connectivity index (χ3n) is 3.57. The van der Waals surface area contributed by atoms with Crippen molar-refractivity contribution in [2.75, 3.05) is 32.5 Å². The number of hydrogen-bond donors (Lipinski definition) is 4. The van der Waals surface area contributed by atoms with Crippen molar-refractivity contribution in [3.8, 4) is 0 Å². The Morgan fingerprint density at radius 2 is 2.33 bits per heavy atom. The lowest BCUT2D eigenvalue weighted by atomic mass is 10.2. The van der Waals surface area contributed by atoms with Crippen molar-refractivity contribution in [3.05, 3.63) is 22.7 Å². The van der Waals surface area contributed by atoms with Crippen molar-refractivity contribution in [1.29, 1.82) is 0 Å². The number of carbonyl (C=O) groups excluding carboxylic acids is 1. The summed E-state index contributed by atoms with van der Waals surface area (Å²) >= 11 is 0. The molecule has 3 rings (SSSR count). The molecule has 27 heavy (non-hydrogen) atoms. The number of nitrogens with zero attached hydrogens (tertiary/aromatic N) is 2. The third kappa shape index (κ3) is 8.73. The molecule has 0 spiro atoms. The van der Waals surface area contributed by atoms with Gasteiger partial charge in [-0.15, -0.1) is 0 Å². The van der Waals surface area contributed by atoms with Crippen molar-refractivity contribution >= 4 is 18.1 Å². The second-order valence-corrected chi connectivity index (χ2v) is 5.80. The summed E-state index contributed by atoms with van der Waals surface area (Å²) in [5.41, 5.74) is 4.93. The van der Waals surface area contributed by atoms with E-state index in [0.29, 0.717) is 6.61 Å². The van der Waals surface area contributed by atoms with Gasteiger partial charge in [0.1, 0.15) is 12.1 Å². The zero-order valence-electron chi connectivity index (χ0n) is 15.5. The summed E-state index contributed by atoms with van der Waals surface area (Å²) in [4.78, 5) is 34.4. The number of hydrogen-bond acceptors (Lipinski definition) is 9. The van der Waals surface area contributed by atoms with Crippen LogP contribution in [0, 0.1) is 0 Å². The minimum atomic E-state index is -0.822. The topological polar surface area (TPSA) is 158 Å². The van der Waals surface area contributed by atoms with Crippen LogP contribution in [-0.4, -0.2) is 66.0 Å². The van der Waals surface area contributed by atoms with E-state index in [4.69, 9.17) is 20.3 Å². The molecule has 2 aliphatic rings. The van der Waals surface area contributed by atoms with Crippen LogP contribution in [0.15, 0.2) is 17.1 Å². The zero-order valence-corrected chi connectivity index (χ0v) is 15.5. The number of ether oxygens (including phenoxy) is 2. The first-order valence-electron chi connectivity index (χ1n) is 8.54. The largest absolute Gasteiger partial charge is 0.480 e. The summed E-state index contributed by atoms with van der Waals surface area (Å²) in [6.45, 7) is 3.19. The highest BCUT2D eigenvalue weighted by Gasteiger charge is 2.24. The van der Waals surface area contributed by atoms with E-state index in [1.165, 1.54) is 4.57 Å². The number of aldehydes is 1. The average Bonchev–Trinajstić information content (AvgIpc) is 3.27. The molecule has 1 aromatic heterocycles. The second kappa shape index (κ2) is 12.1. The SMILES string of the molecule is CC1OCC(n2ccc(N)nc2=O)O1.CNCC(=O)O.O=CC1CCCN1. The second-order valence-electron chi connectivity index (χ2n) is 5.80. The number of aliphatic carboxylic acids is 1. The van der Waals surface area contributed by atoms with E-state index in [1.807, 2.05) is 0 Å². The number of carboxylic acids is 1. The Kier molecular flexibility index (Phi) is 10.2. The Morgan fingerprint density at radius 1 is 1.59 bits per heavy atom. The molecule has 2 fully saturated rings. The average molecular weight is 385 g/mol. The van der Waals surface area contributed by atoms with E-state index in [9.17, 15) is 14.4 Å². The predicted molar refractivity (Wildman–Crippen MR) is 97.1 cm³/mol. The van der Waals surface area contributed by atoms with Crippen LogP contribution in [0.2, 0.25) is 0 Å². The molecule has 0 radical (unpaired) electrons. The molecule has 0 saturated carbocycles. The molecule has 0 aliphatic carbocycles. The normalized spacial score (nSPS) is 23.6. The highest BCUT2D eigenvalue weighted by molar-refractivity contribution is 5.68. The highest BCUT2D eigenvalue weighted by Crippen LogP contribution is 2.18. The van der Waals surface area contributed by atoms with Gasteiger partial charge in [-0.25, -0.2) is 4.79 Å². The van der Waals surface area contributed by atoms with Crippen LogP contribution in [-0.2, 0) is 19.1 Å². The number of nitrogens with two attached hydrogens (primary N) is 1. The number of likely N-dealkylation sites (N-methyl/N-ethyl adjacent to an activating group) is 1. The molecule has 5 N–H and O–H groups in total. The van der Waals surface area contributed by atoms with Gasteiger partial charge in [0, 0.05) is 6.20 Å². The van der Waals surface area contributed by atoms with E-state index in [0.717, 1.165) is 25.7 Å². The molecule has 2 aliphatic heterocycles. The minimum Gasteiger partial charge on any atom is -0.480 e. The van der Waals surface area contributed by atoms with Crippen LogP contribution in [0.5, 0.6) is 0 Å². The van der Waals surface area contributed by atoms with E-state index >= 15 is 0 Å². The molecule has 0 amide bonds. The fourth-order valence-electron chi connectivity index (χ4n) is 2.29. The first-order valence-corrected chi connectivity index (χ1v) is 8.54. The van der Waals surface area contributed by atoms with Crippen molar-refractivity contribution < 1.29 is 24.2 Å². The van der Waals surface area contributed by atoms with E-state index in [1.54, 1.807) is 26.2 Å². The summed E-state index contributed by atoms with van der Waals surface area (Å²) in [6.07, 6.45) is 4.03. The molecule has 0 bridgehead atoms. The molecular formula is C16H27N5O6. The van der Waals surface area contributed by atoms with Gasteiger partial charge in [-0.3, -0.25) is 9.36 Å². The van der Waals surface area contributed by atoms with E-state index in [-0.39, 0.29) is 24.7 Å². The Morgan fingerprint density at radius 3 is 2.70 bits per heavy atom. The van der Waals surface area contributed by atoms with Crippen LogP contribution in [0.25, 0.3) is 0 Å². The summed E-state index contributed by atoms with van der Waals surface area (Å²) in [5, 5.41) is 13.4. The minimum absolute atomic E-state index is 0.0417. The van der Waals surface area contributed by atoms with Gasteiger partial charge in [0.2, 0.25) is 0 Å². The van der Waals surface area contributed by atoms with E-state index in [2.05, 4.69) is 15.6 Å². The summed E-state index contributed by atoms with van der Waals surface area (Å²) < 4.78 is 11.9. The van der Waals surface area contributed by atoms with Crippen LogP contribution in [0.3, 0.4) is 0 Å². The van der Waals surface area contributed by atoms with Crippen molar-refractivity contribution in [1.82, 2.24) is 20.2 Å². The standard InChI is InChI=1S/C8H11N3O3.C5H9NO.C3H7NO2/c1-5-13-4-7(14-5)11-3-2-6(9)10-8(11)12;7-4-5-2-1-3-6-5;1-4-2-3(5)6/h2-3,5,7H,4H2,1H3,(H2,9,10,12);4-6H,1-3H2;4H,2H2,1H3,(H,5,6). The quantitative estimate of drug-likeness (QED) is 0.471. The fourth-order valence-corrected chi connectivity index (χ4v) is 2.29. The Balaban J connectivity index is 0.000000235. The molecule has 2 saturated heterocycles. The molecule has 1 aromatic rings. The van der Waals surface area contributed by atoms with Gasteiger partial charge < -0.3 is 35.7 Å². The van der Waals surface area contributed by atoms with E-state index < -0.39 is 17.9 Å². The molecule has 152 valence electrons. The lowest BCUT2D eigenvalue weighted by Gasteiger charge is -2.10. The number of nitrogen functional groups attached to an aromatic ring is 1. The van der Waals surface area contributed by atoms with Crippen LogP contribution >= 0.6 is 0 Å². The van der Waals surface area contributed by atoms with Crippen LogP contribution < -0.4 is 22.1 Å². The molecule has 0 aromatic carbocycles. The highest BCUT2D eigenvalue weighted by atomic mass is 16.7.